The van der Waals surface area contributed by atoms with Crippen molar-refractivity contribution in [2.75, 3.05) is 11.9 Å². The Hall–Kier alpha value is -1.82. The summed E-state index contributed by atoms with van der Waals surface area (Å²) in [6, 6.07) is 3.19. The topological polar surface area (TPSA) is 72.4 Å². The third kappa shape index (κ3) is 2.87. The minimum absolute atomic E-state index is 0.0923. The average Bonchev–Trinajstić information content (AvgIpc) is 3.04. The number of hydrogen-bond donors (Lipinski definition) is 2. The molecule has 0 aliphatic heterocycles. The Morgan fingerprint density at radius 2 is 2.17 bits per heavy atom. The maximum atomic E-state index is 12.3. The molecule has 0 saturated heterocycles. The zero-order chi connectivity index (χ0) is 16.4. The molecule has 6 heteroatoms. The van der Waals surface area contributed by atoms with Gasteiger partial charge in [-0.3, -0.25) is 4.79 Å². The summed E-state index contributed by atoms with van der Waals surface area (Å²) in [5.74, 6) is 0. The number of hydrogen-bond acceptors (Lipinski definition) is 3. The molecule has 3 rings (SSSR count). The van der Waals surface area contributed by atoms with Crippen molar-refractivity contribution in [3.8, 4) is 0 Å². The van der Waals surface area contributed by atoms with Gasteiger partial charge < -0.3 is 19.9 Å². The maximum Gasteiger partial charge on any atom is 0.319 e. The summed E-state index contributed by atoms with van der Waals surface area (Å²) in [6.07, 6.45) is 7.38. The molecule has 23 heavy (non-hydrogen) atoms. The highest BCUT2D eigenvalue weighted by Gasteiger charge is 2.57. The fourth-order valence-corrected chi connectivity index (χ4v) is 4.10. The highest BCUT2D eigenvalue weighted by Crippen LogP contribution is 2.54. The molecule has 1 aromatic rings. The largest absolute Gasteiger partial charge is 0.378 e. The Morgan fingerprint density at radius 1 is 1.43 bits per heavy atom. The van der Waals surface area contributed by atoms with Crippen molar-refractivity contribution in [2.45, 2.75) is 51.2 Å². The first-order chi connectivity index (χ1) is 11.1. The Kier molecular flexibility index (Phi) is 4.43. The van der Waals surface area contributed by atoms with E-state index in [9.17, 15) is 9.59 Å². The van der Waals surface area contributed by atoms with Gasteiger partial charge in [0.25, 0.3) is 5.56 Å². The van der Waals surface area contributed by atoms with Gasteiger partial charge in [-0.05, 0) is 38.3 Å². The van der Waals surface area contributed by atoms with Crippen LogP contribution in [0.3, 0.4) is 0 Å². The zero-order valence-electron chi connectivity index (χ0n) is 13.8. The number of rotatable bonds is 4. The Labute approximate surface area is 136 Å². The Bertz CT molecular complexity index is 634. The van der Waals surface area contributed by atoms with Crippen LogP contribution in [0.4, 0.5) is 10.5 Å². The van der Waals surface area contributed by atoms with Gasteiger partial charge in [-0.1, -0.05) is 12.8 Å². The van der Waals surface area contributed by atoms with Crippen LogP contribution < -0.4 is 16.2 Å². The number of anilines is 1. The molecule has 2 atom stereocenters. The van der Waals surface area contributed by atoms with E-state index in [2.05, 4.69) is 10.6 Å². The van der Waals surface area contributed by atoms with Gasteiger partial charge in [-0.25, -0.2) is 4.79 Å². The van der Waals surface area contributed by atoms with Crippen molar-refractivity contribution in [1.82, 2.24) is 9.88 Å². The number of aryl methyl sites for hydroxylation is 1. The fourth-order valence-electron chi connectivity index (χ4n) is 4.10. The molecular weight excluding hydrogens is 294 g/mol. The van der Waals surface area contributed by atoms with E-state index in [0.29, 0.717) is 12.3 Å². The van der Waals surface area contributed by atoms with Crippen LogP contribution in [0.2, 0.25) is 0 Å². The van der Waals surface area contributed by atoms with Crippen molar-refractivity contribution in [2.24, 2.45) is 12.5 Å². The van der Waals surface area contributed by atoms with Crippen molar-refractivity contribution >= 4 is 11.7 Å². The van der Waals surface area contributed by atoms with E-state index in [4.69, 9.17) is 4.74 Å². The number of amides is 2. The molecule has 2 fully saturated rings. The summed E-state index contributed by atoms with van der Waals surface area (Å²) in [7, 11) is 1.66. The number of nitrogens with zero attached hydrogens (tertiary/aromatic N) is 1. The van der Waals surface area contributed by atoms with Crippen LogP contribution in [-0.4, -0.2) is 29.4 Å². The van der Waals surface area contributed by atoms with Gasteiger partial charge >= 0.3 is 6.03 Å². The monoisotopic (exact) mass is 319 g/mol. The average molecular weight is 319 g/mol. The predicted octanol–water partition coefficient (Wildman–Crippen LogP) is 2.24. The third-order valence-corrected chi connectivity index (χ3v) is 5.36. The lowest BCUT2D eigenvalue weighted by Crippen LogP contribution is -2.64. The first-order valence-corrected chi connectivity index (χ1v) is 8.41. The molecule has 0 unspecified atom stereocenters. The molecule has 1 heterocycles. The van der Waals surface area contributed by atoms with Crippen molar-refractivity contribution in [3.63, 3.8) is 0 Å². The molecule has 2 N–H and O–H groups in total. The van der Waals surface area contributed by atoms with Crippen LogP contribution in [0, 0.1) is 5.41 Å². The second kappa shape index (κ2) is 6.35. The summed E-state index contributed by atoms with van der Waals surface area (Å²) in [6.45, 7) is 2.73. The quantitative estimate of drug-likeness (QED) is 0.894. The molecule has 1 spiro atoms. The molecule has 0 bridgehead atoms. The van der Waals surface area contributed by atoms with E-state index in [1.54, 1.807) is 25.4 Å². The van der Waals surface area contributed by atoms with Crippen LogP contribution in [0.25, 0.3) is 0 Å². The summed E-state index contributed by atoms with van der Waals surface area (Å²) in [5, 5.41) is 5.73. The second-order valence-corrected chi connectivity index (χ2v) is 6.61. The molecule has 126 valence electrons. The second-order valence-electron chi connectivity index (χ2n) is 6.61. The highest BCUT2D eigenvalue weighted by atomic mass is 16.5. The lowest BCUT2D eigenvalue weighted by molar-refractivity contribution is -0.126. The van der Waals surface area contributed by atoms with Crippen LogP contribution in [0.15, 0.2) is 23.1 Å². The maximum absolute atomic E-state index is 12.3. The van der Waals surface area contributed by atoms with Gasteiger partial charge in [0.2, 0.25) is 0 Å². The summed E-state index contributed by atoms with van der Waals surface area (Å²) >= 11 is 0. The van der Waals surface area contributed by atoms with E-state index in [-0.39, 0.29) is 29.2 Å². The molecular formula is C17H25N3O3. The van der Waals surface area contributed by atoms with Gasteiger partial charge in [0, 0.05) is 31.3 Å². The summed E-state index contributed by atoms with van der Waals surface area (Å²) < 4.78 is 7.30. The predicted molar refractivity (Wildman–Crippen MR) is 88.6 cm³/mol. The van der Waals surface area contributed by atoms with Gasteiger partial charge in [0.1, 0.15) is 5.69 Å². The molecule has 6 nitrogen and oxygen atoms in total. The molecule has 0 radical (unpaired) electrons. The minimum Gasteiger partial charge on any atom is -0.378 e. The van der Waals surface area contributed by atoms with Crippen molar-refractivity contribution in [3.05, 3.63) is 28.7 Å². The number of aromatic nitrogens is 1. The molecule has 2 aliphatic rings. The van der Waals surface area contributed by atoms with E-state index in [1.807, 2.05) is 6.92 Å². The third-order valence-electron chi connectivity index (χ3n) is 5.36. The van der Waals surface area contributed by atoms with Gasteiger partial charge in [0.15, 0.2) is 0 Å². The summed E-state index contributed by atoms with van der Waals surface area (Å²) in [4.78, 5) is 24.2. The fraction of sp³-hybridized carbons (Fsp3) is 0.647. The number of carbonyl (C=O) groups is 1. The van der Waals surface area contributed by atoms with Crippen LogP contribution >= 0.6 is 0 Å². The molecule has 2 saturated carbocycles. The first-order valence-electron chi connectivity index (χ1n) is 8.41. The minimum atomic E-state index is -0.306. The normalized spacial score (nSPS) is 25.1. The number of urea groups is 1. The summed E-state index contributed by atoms with van der Waals surface area (Å²) in [5.41, 5.74) is 0.183. The first kappa shape index (κ1) is 16.1. The lowest BCUT2D eigenvalue weighted by Gasteiger charge is -2.53. The van der Waals surface area contributed by atoms with E-state index >= 15 is 0 Å². The number of pyridine rings is 1. The van der Waals surface area contributed by atoms with Gasteiger partial charge in [0.05, 0.1) is 6.10 Å². The standard InChI is InChI=1S/C17H25N3O3/c1-3-23-14-11-13(17(14)8-4-5-9-17)19-16(22)18-12-7-6-10-20(2)15(12)21/h6-7,10,13-14H,3-5,8-9,11H2,1-2H3,(H2,18,19,22)/t13-,14-/m1/s1. The number of nitrogens with one attached hydrogen (secondary N) is 2. The zero-order valence-corrected chi connectivity index (χ0v) is 13.8. The SMILES string of the molecule is CCO[C@@H]1C[C@@H](NC(=O)Nc2cccn(C)c2=O)C12CCCC2. The van der Waals surface area contributed by atoms with E-state index < -0.39 is 0 Å². The van der Waals surface area contributed by atoms with Crippen molar-refractivity contribution in [1.29, 1.82) is 0 Å². The Balaban J connectivity index is 1.64. The highest BCUT2D eigenvalue weighted by molar-refractivity contribution is 5.89. The van der Waals surface area contributed by atoms with E-state index in [0.717, 1.165) is 19.3 Å². The van der Waals surface area contributed by atoms with Crippen molar-refractivity contribution < 1.29 is 9.53 Å². The number of ether oxygens (including phenoxy) is 1. The van der Waals surface area contributed by atoms with Gasteiger partial charge in [-0.15, -0.1) is 0 Å². The lowest BCUT2D eigenvalue weighted by atomic mass is 9.60. The molecule has 0 aromatic carbocycles. The Morgan fingerprint density at radius 3 is 2.87 bits per heavy atom. The van der Waals surface area contributed by atoms with Gasteiger partial charge in [-0.2, -0.15) is 0 Å². The van der Waals surface area contributed by atoms with Crippen LogP contribution in [0.5, 0.6) is 0 Å². The van der Waals surface area contributed by atoms with Crippen LogP contribution in [0.1, 0.15) is 39.0 Å². The number of carbonyl (C=O) groups excluding carboxylic acids is 1. The smallest absolute Gasteiger partial charge is 0.319 e. The van der Waals surface area contributed by atoms with Crippen LogP contribution in [-0.2, 0) is 11.8 Å². The molecule has 2 aliphatic carbocycles. The molecule has 1 aromatic heterocycles. The van der Waals surface area contributed by atoms with E-state index in [1.165, 1.54) is 17.4 Å². The molecule has 2 amide bonds.